The third kappa shape index (κ3) is 3.72. The highest BCUT2D eigenvalue weighted by Gasteiger charge is 2.28. The molecule has 1 saturated carbocycles. The average molecular weight is 269 g/mol. The van der Waals surface area contributed by atoms with Crippen LogP contribution in [0, 0.1) is 5.92 Å². The van der Waals surface area contributed by atoms with E-state index in [-0.39, 0.29) is 18.3 Å². The number of nitrogens with zero attached hydrogens (tertiary/aromatic N) is 1. The van der Waals surface area contributed by atoms with Crippen LogP contribution in [0.15, 0.2) is 30.3 Å². The van der Waals surface area contributed by atoms with E-state index >= 15 is 0 Å². The van der Waals surface area contributed by atoms with Crippen LogP contribution in [-0.2, 0) is 4.79 Å². The summed E-state index contributed by atoms with van der Waals surface area (Å²) < 4.78 is 0. The van der Waals surface area contributed by atoms with Crippen molar-refractivity contribution in [2.75, 3.05) is 13.1 Å². The predicted octanol–water partition coefficient (Wildman–Crippen LogP) is 2.37. The average Bonchev–Trinajstić information content (AvgIpc) is 3.19. The molecule has 2 N–H and O–H groups in total. The molecule has 1 aliphatic rings. The van der Waals surface area contributed by atoms with E-state index in [1.165, 1.54) is 12.8 Å². The first-order valence-corrected chi connectivity index (χ1v) is 6.31. The van der Waals surface area contributed by atoms with Crippen molar-refractivity contribution in [1.82, 2.24) is 4.90 Å². The highest BCUT2D eigenvalue weighted by atomic mass is 35.5. The van der Waals surface area contributed by atoms with Crippen LogP contribution in [0.25, 0.3) is 0 Å². The number of carbonyl (C=O) groups is 1. The maximum Gasteiger partial charge on any atom is 0.244 e. The molecule has 0 bridgehead atoms. The van der Waals surface area contributed by atoms with Crippen LogP contribution in [0.1, 0.15) is 31.4 Å². The first-order valence-electron chi connectivity index (χ1n) is 6.31. The third-order valence-corrected chi connectivity index (χ3v) is 3.29. The lowest BCUT2D eigenvalue weighted by Gasteiger charge is -2.24. The van der Waals surface area contributed by atoms with E-state index in [0.717, 1.165) is 18.7 Å². The van der Waals surface area contributed by atoms with E-state index in [2.05, 4.69) is 0 Å². The van der Waals surface area contributed by atoms with Gasteiger partial charge < -0.3 is 10.6 Å². The molecular weight excluding hydrogens is 248 g/mol. The zero-order valence-electron chi connectivity index (χ0n) is 10.7. The van der Waals surface area contributed by atoms with Crippen molar-refractivity contribution in [3.63, 3.8) is 0 Å². The molecule has 4 heteroatoms. The molecule has 1 aliphatic carbocycles. The van der Waals surface area contributed by atoms with Crippen LogP contribution in [-0.4, -0.2) is 23.9 Å². The minimum absolute atomic E-state index is 0. The molecule has 1 unspecified atom stereocenters. The number of benzene rings is 1. The number of amides is 1. The molecule has 0 aromatic heterocycles. The molecule has 3 nitrogen and oxygen atoms in total. The van der Waals surface area contributed by atoms with Crippen molar-refractivity contribution < 1.29 is 4.79 Å². The number of nitrogens with two attached hydrogens (primary N) is 1. The second-order valence-electron chi connectivity index (χ2n) is 4.71. The molecule has 100 valence electrons. The molecular formula is C14H21ClN2O. The molecule has 1 amide bonds. The second-order valence-corrected chi connectivity index (χ2v) is 4.71. The molecule has 1 aromatic carbocycles. The summed E-state index contributed by atoms with van der Waals surface area (Å²) in [4.78, 5) is 14.1. The summed E-state index contributed by atoms with van der Waals surface area (Å²) in [6.07, 6.45) is 2.51. The minimum atomic E-state index is -0.519. The summed E-state index contributed by atoms with van der Waals surface area (Å²) in [7, 11) is 0. The zero-order chi connectivity index (χ0) is 12.3. The normalized spacial score (nSPS) is 15.7. The van der Waals surface area contributed by atoms with Crippen LogP contribution in [0.5, 0.6) is 0 Å². The quantitative estimate of drug-likeness (QED) is 0.891. The van der Waals surface area contributed by atoms with Gasteiger partial charge in [0.2, 0.25) is 5.91 Å². The maximum absolute atomic E-state index is 12.2. The van der Waals surface area contributed by atoms with Gasteiger partial charge in [-0.2, -0.15) is 0 Å². The van der Waals surface area contributed by atoms with Gasteiger partial charge in [0.1, 0.15) is 6.04 Å². The van der Waals surface area contributed by atoms with E-state index in [4.69, 9.17) is 5.73 Å². The van der Waals surface area contributed by atoms with E-state index < -0.39 is 6.04 Å². The largest absolute Gasteiger partial charge is 0.341 e. The summed E-state index contributed by atoms with van der Waals surface area (Å²) in [5, 5.41) is 0. The Morgan fingerprint density at radius 3 is 2.50 bits per heavy atom. The van der Waals surface area contributed by atoms with E-state index in [1.54, 1.807) is 0 Å². The van der Waals surface area contributed by atoms with Gasteiger partial charge in [-0.15, -0.1) is 12.4 Å². The molecule has 0 radical (unpaired) electrons. The van der Waals surface area contributed by atoms with Crippen molar-refractivity contribution in [2.24, 2.45) is 11.7 Å². The van der Waals surface area contributed by atoms with Crippen LogP contribution < -0.4 is 5.73 Å². The minimum Gasteiger partial charge on any atom is -0.341 e. The second kappa shape index (κ2) is 6.76. The van der Waals surface area contributed by atoms with Crippen molar-refractivity contribution >= 4 is 18.3 Å². The van der Waals surface area contributed by atoms with E-state index in [9.17, 15) is 4.79 Å². The van der Waals surface area contributed by atoms with Gasteiger partial charge in [0.05, 0.1) is 0 Å². The standard InChI is InChI=1S/C14H20N2O.ClH/c1-2-16(10-11-8-9-11)14(17)13(15)12-6-4-3-5-7-12;/h3-7,11,13H,2,8-10,15H2,1H3;1H. The molecule has 1 aromatic rings. The van der Waals surface area contributed by atoms with Crippen LogP contribution in [0.2, 0.25) is 0 Å². The predicted molar refractivity (Wildman–Crippen MR) is 75.6 cm³/mol. The molecule has 0 spiro atoms. The highest BCUT2D eigenvalue weighted by molar-refractivity contribution is 5.85. The smallest absolute Gasteiger partial charge is 0.244 e. The summed E-state index contributed by atoms with van der Waals surface area (Å²) >= 11 is 0. The highest BCUT2D eigenvalue weighted by Crippen LogP contribution is 2.30. The van der Waals surface area contributed by atoms with Crippen molar-refractivity contribution in [3.05, 3.63) is 35.9 Å². The van der Waals surface area contributed by atoms with Crippen LogP contribution in [0.4, 0.5) is 0 Å². The Kier molecular flexibility index (Phi) is 5.63. The number of rotatable bonds is 5. The summed E-state index contributed by atoms with van der Waals surface area (Å²) in [5.74, 6) is 0.757. The van der Waals surface area contributed by atoms with E-state index in [0.29, 0.717) is 5.92 Å². The van der Waals surface area contributed by atoms with Gasteiger partial charge in [-0.1, -0.05) is 30.3 Å². The first-order chi connectivity index (χ1) is 8.22. The fourth-order valence-corrected chi connectivity index (χ4v) is 1.99. The topological polar surface area (TPSA) is 46.3 Å². The fourth-order valence-electron chi connectivity index (χ4n) is 1.99. The number of likely N-dealkylation sites (N-methyl/N-ethyl adjacent to an activating group) is 1. The lowest BCUT2D eigenvalue weighted by Crippen LogP contribution is -2.39. The third-order valence-electron chi connectivity index (χ3n) is 3.29. The van der Waals surface area contributed by atoms with Gasteiger partial charge in [0.15, 0.2) is 0 Å². The van der Waals surface area contributed by atoms with Crippen LogP contribution in [0.3, 0.4) is 0 Å². The summed E-state index contributed by atoms with van der Waals surface area (Å²) in [5.41, 5.74) is 6.92. The molecule has 0 saturated heterocycles. The molecule has 2 rings (SSSR count). The van der Waals surface area contributed by atoms with Gasteiger partial charge in [0, 0.05) is 13.1 Å². The van der Waals surface area contributed by atoms with E-state index in [1.807, 2.05) is 42.2 Å². The van der Waals surface area contributed by atoms with Crippen molar-refractivity contribution in [3.8, 4) is 0 Å². The maximum atomic E-state index is 12.2. The molecule has 1 fully saturated rings. The Hall–Kier alpha value is -1.06. The van der Waals surface area contributed by atoms with Crippen molar-refractivity contribution in [2.45, 2.75) is 25.8 Å². The van der Waals surface area contributed by atoms with Gasteiger partial charge in [-0.05, 0) is 31.2 Å². The Morgan fingerprint density at radius 2 is 2.00 bits per heavy atom. The number of hydrogen-bond acceptors (Lipinski definition) is 2. The SMILES string of the molecule is CCN(CC1CC1)C(=O)C(N)c1ccccc1.Cl. The Balaban J connectivity index is 0.00000162. The number of hydrogen-bond donors (Lipinski definition) is 1. The number of halogens is 1. The van der Waals surface area contributed by atoms with Gasteiger partial charge in [0.25, 0.3) is 0 Å². The monoisotopic (exact) mass is 268 g/mol. The van der Waals surface area contributed by atoms with Crippen LogP contribution >= 0.6 is 12.4 Å². The zero-order valence-corrected chi connectivity index (χ0v) is 11.5. The van der Waals surface area contributed by atoms with Crippen molar-refractivity contribution in [1.29, 1.82) is 0 Å². The van der Waals surface area contributed by atoms with Gasteiger partial charge in [-0.25, -0.2) is 0 Å². The van der Waals surface area contributed by atoms with Gasteiger partial charge in [-0.3, -0.25) is 4.79 Å². The van der Waals surface area contributed by atoms with Gasteiger partial charge >= 0.3 is 0 Å². The lowest BCUT2D eigenvalue weighted by molar-refractivity contribution is -0.132. The molecule has 0 heterocycles. The Morgan fingerprint density at radius 1 is 1.39 bits per heavy atom. The first kappa shape index (κ1) is 15.0. The Bertz CT molecular complexity index is 379. The summed E-state index contributed by atoms with van der Waals surface area (Å²) in [6.45, 7) is 3.63. The molecule has 18 heavy (non-hydrogen) atoms. The molecule has 0 aliphatic heterocycles. The number of carbonyl (C=O) groups excluding carboxylic acids is 1. The Labute approximate surface area is 115 Å². The lowest BCUT2D eigenvalue weighted by atomic mass is 10.1. The summed E-state index contributed by atoms with van der Waals surface area (Å²) in [6, 6.07) is 9.07. The fraction of sp³-hybridized carbons (Fsp3) is 0.500. The molecule has 1 atom stereocenters.